The molecule has 6 heteroatoms. The maximum absolute atomic E-state index is 13.6. The molecule has 2 aliphatic rings. The van der Waals surface area contributed by atoms with Gasteiger partial charge in [0, 0.05) is 35.0 Å². The number of benzene rings is 2. The van der Waals surface area contributed by atoms with Crippen LogP contribution in [0.1, 0.15) is 41.0 Å². The van der Waals surface area contributed by atoms with Gasteiger partial charge >= 0.3 is 11.6 Å². The van der Waals surface area contributed by atoms with Crippen LogP contribution in [0, 0.1) is 6.92 Å². The summed E-state index contributed by atoms with van der Waals surface area (Å²) in [4.78, 5) is 38.2. The number of aryl methyl sites for hydroxylation is 3. The third-order valence-corrected chi connectivity index (χ3v) is 6.49. The summed E-state index contributed by atoms with van der Waals surface area (Å²) in [6, 6.07) is 12.9. The van der Waals surface area contributed by atoms with E-state index in [4.69, 9.17) is 9.15 Å². The van der Waals surface area contributed by atoms with Crippen molar-refractivity contribution in [2.75, 3.05) is 0 Å². The molecule has 0 radical (unpaired) electrons. The van der Waals surface area contributed by atoms with Crippen molar-refractivity contribution in [3.63, 3.8) is 0 Å². The molecule has 0 amide bonds. The van der Waals surface area contributed by atoms with Crippen LogP contribution in [0.2, 0.25) is 0 Å². The number of hydrogen-bond donors (Lipinski definition) is 0. The zero-order valence-corrected chi connectivity index (χ0v) is 16.9. The highest BCUT2D eigenvalue weighted by Crippen LogP contribution is 2.43. The Morgan fingerprint density at radius 1 is 1.06 bits per heavy atom. The van der Waals surface area contributed by atoms with Gasteiger partial charge in [-0.15, -0.1) is 0 Å². The van der Waals surface area contributed by atoms with Gasteiger partial charge in [-0.1, -0.05) is 18.2 Å². The molecule has 0 fully saturated rings. The van der Waals surface area contributed by atoms with E-state index in [0.29, 0.717) is 29.0 Å². The van der Waals surface area contributed by atoms with Crippen molar-refractivity contribution in [3.8, 4) is 5.75 Å². The van der Waals surface area contributed by atoms with Crippen molar-refractivity contribution < 1.29 is 13.9 Å². The Morgan fingerprint density at radius 3 is 2.81 bits per heavy atom. The van der Waals surface area contributed by atoms with E-state index in [2.05, 4.69) is 6.07 Å². The van der Waals surface area contributed by atoms with Gasteiger partial charge < -0.3 is 13.7 Å². The molecule has 0 saturated carbocycles. The molecule has 4 aromatic rings. The number of fused-ring (bicyclic) bond motifs is 3. The van der Waals surface area contributed by atoms with Crippen LogP contribution in [0.4, 0.5) is 0 Å². The predicted molar refractivity (Wildman–Crippen MR) is 116 cm³/mol. The SMILES string of the molecule is Cc1cc(=O)oc2c3c(ccc12)OC(=O)CC3c1cc2cccc3c2n(c1=O)CCC3. The molecule has 0 bridgehead atoms. The van der Waals surface area contributed by atoms with Crippen molar-refractivity contribution in [1.29, 1.82) is 0 Å². The summed E-state index contributed by atoms with van der Waals surface area (Å²) in [6.45, 7) is 2.49. The van der Waals surface area contributed by atoms with Crippen LogP contribution in [0.3, 0.4) is 0 Å². The first kappa shape index (κ1) is 18.1. The van der Waals surface area contributed by atoms with Gasteiger partial charge in [-0.05, 0) is 54.5 Å². The van der Waals surface area contributed by atoms with E-state index >= 15 is 0 Å². The van der Waals surface area contributed by atoms with Crippen molar-refractivity contribution in [2.24, 2.45) is 0 Å². The fraction of sp³-hybridized carbons (Fsp3) is 0.240. The zero-order chi connectivity index (χ0) is 21.3. The Hall–Kier alpha value is -3.67. The molecule has 0 N–H and O–H groups in total. The number of rotatable bonds is 1. The molecule has 6 rings (SSSR count). The first-order valence-corrected chi connectivity index (χ1v) is 10.4. The number of carbonyl (C=O) groups excluding carboxylic acids is 1. The van der Waals surface area contributed by atoms with Crippen LogP contribution in [-0.2, 0) is 17.8 Å². The average Bonchev–Trinajstić information content (AvgIpc) is 2.75. The summed E-state index contributed by atoms with van der Waals surface area (Å²) in [5.74, 6) is -0.607. The standard InChI is InChI=1S/C25H19NO5/c1-13-10-20(27)31-24-16(13)7-8-19-22(24)17(12-21(28)30-19)18-11-15-5-2-4-14-6-3-9-26(23(14)15)25(18)29/h2,4-5,7-8,10-11,17H,3,6,9,12H2,1H3. The van der Waals surface area contributed by atoms with Crippen LogP contribution in [0.25, 0.3) is 21.9 Å². The number of aromatic nitrogens is 1. The zero-order valence-electron chi connectivity index (χ0n) is 16.9. The normalized spacial score (nSPS) is 17.6. The van der Waals surface area contributed by atoms with E-state index in [0.717, 1.165) is 34.7 Å². The molecule has 2 aromatic carbocycles. The third-order valence-electron chi connectivity index (χ3n) is 6.49. The molecule has 2 aliphatic heterocycles. The largest absolute Gasteiger partial charge is 0.426 e. The summed E-state index contributed by atoms with van der Waals surface area (Å²) >= 11 is 0. The molecule has 154 valence electrons. The van der Waals surface area contributed by atoms with E-state index in [1.807, 2.05) is 29.7 Å². The Morgan fingerprint density at radius 2 is 1.94 bits per heavy atom. The highest BCUT2D eigenvalue weighted by Gasteiger charge is 2.34. The minimum atomic E-state index is -0.545. The minimum Gasteiger partial charge on any atom is -0.426 e. The molecule has 6 nitrogen and oxygen atoms in total. The van der Waals surface area contributed by atoms with E-state index in [1.165, 1.54) is 11.6 Å². The van der Waals surface area contributed by atoms with Gasteiger partial charge in [0.05, 0.1) is 11.9 Å². The lowest BCUT2D eigenvalue weighted by Crippen LogP contribution is -2.31. The lowest BCUT2D eigenvalue weighted by Gasteiger charge is -2.27. The quantitative estimate of drug-likeness (QED) is 0.269. The van der Waals surface area contributed by atoms with Gasteiger partial charge in [0.25, 0.3) is 5.56 Å². The van der Waals surface area contributed by atoms with Gasteiger partial charge in [-0.25, -0.2) is 4.79 Å². The lowest BCUT2D eigenvalue weighted by molar-refractivity contribution is -0.135. The molecular formula is C25H19NO5. The van der Waals surface area contributed by atoms with Gasteiger partial charge in [-0.3, -0.25) is 9.59 Å². The van der Waals surface area contributed by atoms with Gasteiger partial charge in [0.1, 0.15) is 11.3 Å². The van der Waals surface area contributed by atoms with Crippen LogP contribution in [-0.4, -0.2) is 10.5 Å². The van der Waals surface area contributed by atoms with Crippen LogP contribution in [0.15, 0.2) is 56.5 Å². The lowest BCUT2D eigenvalue weighted by atomic mass is 9.84. The molecule has 0 aliphatic carbocycles. The number of nitrogens with zero attached hydrogens (tertiary/aromatic N) is 1. The average molecular weight is 413 g/mol. The number of pyridine rings is 1. The van der Waals surface area contributed by atoms with Crippen LogP contribution in [0.5, 0.6) is 5.75 Å². The second kappa shape index (κ2) is 6.41. The number of esters is 1. The van der Waals surface area contributed by atoms with Crippen molar-refractivity contribution in [3.05, 3.63) is 85.5 Å². The van der Waals surface area contributed by atoms with E-state index < -0.39 is 17.5 Å². The summed E-state index contributed by atoms with van der Waals surface area (Å²) in [7, 11) is 0. The number of para-hydroxylation sites is 1. The fourth-order valence-corrected chi connectivity index (χ4v) is 5.14. The maximum atomic E-state index is 13.6. The number of ether oxygens (including phenoxy) is 1. The third kappa shape index (κ3) is 2.61. The molecule has 4 heterocycles. The molecule has 0 spiro atoms. The minimum absolute atomic E-state index is 0.0181. The smallest absolute Gasteiger partial charge is 0.336 e. The van der Waals surface area contributed by atoms with Crippen LogP contribution >= 0.6 is 0 Å². The topological polar surface area (TPSA) is 78.5 Å². The molecule has 1 unspecified atom stereocenters. The van der Waals surface area contributed by atoms with Crippen LogP contribution < -0.4 is 15.9 Å². The highest BCUT2D eigenvalue weighted by atomic mass is 16.5. The molecular weight excluding hydrogens is 394 g/mol. The first-order valence-electron chi connectivity index (χ1n) is 10.4. The summed E-state index contributed by atoms with van der Waals surface area (Å²) in [5.41, 5.74) is 3.85. The van der Waals surface area contributed by atoms with E-state index in [-0.39, 0.29) is 12.0 Å². The summed E-state index contributed by atoms with van der Waals surface area (Å²) in [6.07, 6.45) is 1.86. The van der Waals surface area contributed by atoms with Gasteiger partial charge in [-0.2, -0.15) is 0 Å². The summed E-state index contributed by atoms with van der Waals surface area (Å²) < 4.78 is 12.9. The Labute approximate surface area is 176 Å². The number of carbonyl (C=O) groups is 1. The second-order valence-electron chi connectivity index (χ2n) is 8.35. The van der Waals surface area contributed by atoms with Crippen molar-refractivity contribution in [2.45, 2.75) is 38.6 Å². The Balaban J connectivity index is 1.70. The number of hydrogen-bond acceptors (Lipinski definition) is 5. The fourth-order valence-electron chi connectivity index (χ4n) is 5.14. The van der Waals surface area contributed by atoms with E-state index in [1.54, 1.807) is 12.1 Å². The van der Waals surface area contributed by atoms with Gasteiger partial charge in [0.15, 0.2) is 0 Å². The molecule has 1 atom stereocenters. The highest BCUT2D eigenvalue weighted by molar-refractivity contribution is 5.90. The predicted octanol–water partition coefficient (Wildman–Crippen LogP) is 3.80. The molecule has 0 saturated heterocycles. The maximum Gasteiger partial charge on any atom is 0.336 e. The molecule has 2 aromatic heterocycles. The Kier molecular flexibility index (Phi) is 3.75. The first-order chi connectivity index (χ1) is 15.0. The van der Waals surface area contributed by atoms with Crippen molar-refractivity contribution >= 4 is 27.8 Å². The monoisotopic (exact) mass is 413 g/mol. The second-order valence-corrected chi connectivity index (χ2v) is 8.35. The van der Waals surface area contributed by atoms with E-state index in [9.17, 15) is 14.4 Å². The van der Waals surface area contributed by atoms with Crippen molar-refractivity contribution in [1.82, 2.24) is 4.57 Å². The Bertz CT molecular complexity index is 1540. The summed E-state index contributed by atoms with van der Waals surface area (Å²) in [5, 5.41) is 1.75. The molecule has 31 heavy (non-hydrogen) atoms. The van der Waals surface area contributed by atoms with Gasteiger partial charge in [0.2, 0.25) is 0 Å².